The number of halogens is 1. The Morgan fingerprint density at radius 1 is 0.720 bits per heavy atom. The molecule has 0 fully saturated rings. The van der Waals surface area contributed by atoms with Crippen LogP contribution in [0.1, 0.15) is 51.3 Å². The van der Waals surface area contributed by atoms with Crippen molar-refractivity contribution < 1.29 is 0 Å². The van der Waals surface area contributed by atoms with E-state index in [1.807, 2.05) is 0 Å². The van der Waals surface area contributed by atoms with Crippen LogP contribution in [0.3, 0.4) is 0 Å². The average Bonchev–Trinajstić information content (AvgIpc) is 2.52. The summed E-state index contributed by atoms with van der Waals surface area (Å²) < 4.78 is 0.112. The first-order chi connectivity index (χ1) is 11.6. The molecular weight excluding hydrogens is 415 g/mol. The second-order valence-electron chi connectivity index (χ2n) is 8.46. The van der Waals surface area contributed by atoms with E-state index in [0.717, 1.165) is 0 Å². The van der Waals surface area contributed by atoms with Gasteiger partial charge in [-0.05, 0) is 64.8 Å². The number of hydrogen-bond acceptors (Lipinski definition) is 0. The van der Waals surface area contributed by atoms with Crippen LogP contribution in [0, 0.1) is 6.92 Å². The monoisotopic (exact) mass is 442 g/mol. The van der Waals surface area contributed by atoms with Gasteiger partial charge in [0.1, 0.15) is 0 Å². The minimum Gasteiger partial charge on any atom is -0.0742 e. The molecule has 0 spiro atoms. The van der Waals surface area contributed by atoms with Crippen molar-refractivity contribution in [3.8, 4) is 11.1 Å². The molecule has 3 rings (SSSR count). The van der Waals surface area contributed by atoms with Crippen LogP contribution in [0.25, 0.3) is 21.9 Å². The lowest BCUT2D eigenvalue weighted by Crippen LogP contribution is -2.11. The maximum atomic E-state index is 2.54. The highest BCUT2D eigenvalue weighted by molar-refractivity contribution is 14.1. The predicted molar refractivity (Wildman–Crippen MR) is 120 cm³/mol. The van der Waals surface area contributed by atoms with Crippen LogP contribution in [0.2, 0.25) is 0 Å². The lowest BCUT2D eigenvalue weighted by Gasteiger charge is -2.23. The number of aryl methyl sites for hydroxylation is 1. The second-order valence-corrected chi connectivity index (χ2v) is 11.2. The molecule has 1 heteroatoms. The largest absolute Gasteiger partial charge is 0.0742 e. The van der Waals surface area contributed by atoms with Gasteiger partial charge in [0.25, 0.3) is 0 Å². The Morgan fingerprint density at radius 3 is 1.88 bits per heavy atom. The molecular formula is C24H27I. The lowest BCUT2D eigenvalue weighted by molar-refractivity contribution is 0.590. The summed E-state index contributed by atoms with van der Waals surface area (Å²) in [6.07, 6.45) is 0. The standard InChI is InChI=1S/C24H27I/c1-16-15-17(23(2,3)4)11-12-18(16)20-13-14-22(24(5,6)25)21-10-8-7-9-19(20)21/h7-15H,1-6H3. The van der Waals surface area contributed by atoms with E-state index >= 15 is 0 Å². The first-order valence-corrected chi connectivity index (χ1v) is 9.99. The Balaban J connectivity index is 2.25. The summed E-state index contributed by atoms with van der Waals surface area (Å²) in [5.74, 6) is 0. The van der Waals surface area contributed by atoms with Crippen molar-refractivity contribution in [2.75, 3.05) is 0 Å². The van der Waals surface area contributed by atoms with Gasteiger partial charge >= 0.3 is 0 Å². The highest BCUT2D eigenvalue weighted by Gasteiger charge is 2.21. The third-order valence-electron chi connectivity index (χ3n) is 4.95. The van der Waals surface area contributed by atoms with Gasteiger partial charge < -0.3 is 0 Å². The van der Waals surface area contributed by atoms with Crippen molar-refractivity contribution in [2.24, 2.45) is 0 Å². The second kappa shape index (κ2) is 6.42. The molecule has 0 radical (unpaired) electrons. The molecule has 3 aromatic carbocycles. The van der Waals surface area contributed by atoms with E-state index < -0.39 is 0 Å². The minimum absolute atomic E-state index is 0.112. The summed E-state index contributed by atoms with van der Waals surface area (Å²) in [7, 11) is 0. The van der Waals surface area contributed by atoms with Crippen LogP contribution < -0.4 is 0 Å². The fourth-order valence-electron chi connectivity index (χ4n) is 3.48. The molecule has 0 nitrogen and oxygen atoms in total. The number of fused-ring (bicyclic) bond motifs is 1. The zero-order valence-electron chi connectivity index (χ0n) is 16.1. The summed E-state index contributed by atoms with van der Waals surface area (Å²) in [5.41, 5.74) is 6.99. The van der Waals surface area contributed by atoms with Gasteiger partial charge in [-0.25, -0.2) is 0 Å². The molecule has 0 saturated heterocycles. The topological polar surface area (TPSA) is 0 Å². The zero-order chi connectivity index (χ0) is 18.4. The highest BCUT2D eigenvalue weighted by Crippen LogP contribution is 2.40. The van der Waals surface area contributed by atoms with Crippen LogP contribution in [-0.4, -0.2) is 0 Å². The van der Waals surface area contributed by atoms with Gasteiger partial charge in [0.05, 0.1) is 0 Å². The van der Waals surface area contributed by atoms with Gasteiger partial charge in [-0.3, -0.25) is 0 Å². The van der Waals surface area contributed by atoms with Crippen LogP contribution in [0.15, 0.2) is 54.6 Å². The Kier molecular flexibility index (Phi) is 4.74. The van der Waals surface area contributed by atoms with Gasteiger partial charge in [-0.2, -0.15) is 0 Å². The third kappa shape index (κ3) is 3.62. The molecule has 0 aliphatic heterocycles. The number of rotatable bonds is 2. The van der Waals surface area contributed by atoms with Crippen LogP contribution in [-0.2, 0) is 8.84 Å². The zero-order valence-corrected chi connectivity index (χ0v) is 18.2. The fraction of sp³-hybridized carbons (Fsp3) is 0.333. The number of benzene rings is 3. The number of alkyl halides is 1. The molecule has 0 N–H and O–H groups in total. The third-order valence-corrected chi connectivity index (χ3v) is 5.53. The normalized spacial score (nSPS) is 12.6. The molecule has 0 atom stereocenters. The molecule has 0 heterocycles. The highest BCUT2D eigenvalue weighted by atomic mass is 127. The van der Waals surface area contributed by atoms with E-state index in [0.29, 0.717) is 0 Å². The molecule has 25 heavy (non-hydrogen) atoms. The average molecular weight is 442 g/mol. The first kappa shape index (κ1) is 18.4. The van der Waals surface area contributed by atoms with E-state index in [9.17, 15) is 0 Å². The molecule has 0 unspecified atom stereocenters. The summed E-state index contributed by atoms with van der Waals surface area (Å²) in [6.45, 7) is 13.6. The van der Waals surface area contributed by atoms with E-state index in [-0.39, 0.29) is 8.84 Å². The van der Waals surface area contributed by atoms with Crippen molar-refractivity contribution in [1.29, 1.82) is 0 Å². The van der Waals surface area contributed by atoms with Crippen molar-refractivity contribution in [1.82, 2.24) is 0 Å². The van der Waals surface area contributed by atoms with Gasteiger partial charge in [0.15, 0.2) is 0 Å². The van der Waals surface area contributed by atoms with Crippen LogP contribution in [0.4, 0.5) is 0 Å². The summed E-state index contributed by atoms with van der Waals surface area (Å²) in [6, 6.07) is 20.3. The molecule has 3 aromatic rings. The molecule has 0 aliphatic carbocycles. The summed E-state index contributed by atoms with van der Waals surface area (Å²) >= 11 is 2.54. The molecule has 0 saturated carbocycles. The SMILES string of the molecule is Cc1cc(C(C)(C)C)ccc1-c1ccc(C(C)(C)I)c2ccccc12. The van der Waals surface area contributed by atoms with Crippen molar-refractivity contribution in [3.63, 3.8) is 0 Å². The van der Waals surface area contributed by atoms with E-state index in [4.69, 9.17) is 0 Å². The molecule has 0 bridgehead atoms. The summed E-state index contributed by atoms with van der Waals surface area (Å²) in [5, 5.41) is 2.70. The first-order valence-electron chi connectivity index (χ1n) is 8.92. The Labute approximate surface area is 165 Å². The van der Waals surface area contributed by atoms with E-state index in [1.165, 1.54) is 38.6 Å². The van der Waals surface area contributed by atoms with Crippen molar-refractivity contribution >= 4 is 33.4 Å². The van der Waals surface area contributed by atoms with Gasteiger partial charge in [-0.1, -0.05) is 98.0 Å². The quantitative estimate of drug-likeness (QED) is 0.281. The Morgan fingerprint density at radius 2 is 1.32 bits per heavy atom. The van der Waals surface area contributed by atoms with Crippen molar-refractivity contribution in [3.05, 3.63) is 71.3 Å². The van der Waals surface area contributed by atoms with Crippen molar-refractivity contribution in [2.45, 2.75) is 50.4 Å². The smallest absolute Gasteiger partial charge is 0.0420 e. The van der Waals surface area contributed by atoms with Crippen LogP contribution in [0.5, 0.6) is 0 Å². The lowest BCUT2D eigenvalue weighted by atomic mass is 9.83. The Hall–Kier alpha value is -1.35. The minimum atomic E-state index is 0.112. The van der Waals surface area contributed by atoms with E-state index in [2.05, 4.69) is 119 Å². The predicted octanol–water partition coefficient (Wildman–Crippen LogP) is 7.78. The molecule has 130 valence electrons. The van der Waals surface area contributed by atoms with Crippen LogP contribution >= 0.6 is 22.6 Å². The fourth-order valence-corrected chi connectivity index (χ4v) is 3.96. The maximum Gasteiger partial charge on any atom is 0.0420 e. The Bertz CT molecular complexity index is 921. The van der Waals surface area contributed by atoms with Gasteiger partial charge in [-0.15, -0.1) is 0 Å². The van der Waals surface area contributed by atoms with E-state index in [1.54, 1.807) is 0 Å². The van der Waals surface area contributed by atoms with Gasteiger partial charge in [0.2, 0.25) is 0 Å². The molecule has 0 aromatic heterocycles. The maximum absolute atomic E-state index is 2.54. The molecule has 0 aliphatic rings. The number of hydrogen-bond donors (Lipinski definition) is 0. The molecule has 0 amide bonds. The van der Waals surface area contributed by atoms with Gasteiger partial charge in [0, 0.05) is 3.42 Å². The summed E-state index contributed by atoms with van der Waals surface area (Å²) in [4.78, 5) is 0.